The number of piperidine rings is 1. The monoisotopic (exact) mass is 521 g/mol. The first-order valence-electron chi connectivity index (χ1n) is 12.6. The molecule has 0 radical (unpaired) electrons. The molecule has 3 amide bonds. The van der Waals surface area contributed by atoms with Gasteiger partial charge in [0.2, 0.25) is 11.8 Å². The van der Waals surface area contributed by atoms with Crippen LogP contribution in [0, 0.1) is 5.41 Å². The van der Waals surface area contributed by atoms with Crippen molar-refractivity contribution in [3.63, 3.8) is 0 Å². The van der Waals surface area contributed by atoms with E-state index in [4.69, 9.17) is 15.2 Å². The van der Waals surface area contributed by atoms with E-state index in [1.165, 1.54) is 5.01 Å². The molecule has 1 fully saturated rings. The minimum atomic E-state index is -1.20. The van der Waals surface area contributed by atoms with Gasteiger partial charge in [-0.15, -0.1) is 0 Å². The largest absolute Gasteiger partial charge is 0.497 e. The number of ether oxygens (including phenoxy) is 2. The molecule has 3 N–H and O–H groups in total. The van der Waals surface area contributed by atoms with Gasteiger partial charge in [-0.3, -0.25) is 14.4 Å². The number of benzene rings is 2. The lowest BCUT2D eigenvalue weighted by Gasteiger charge is -2.40. The average molecular weight is 522 g/mol. The van der Waals surface area contributed by atoms with Crippen LogP contribution in [0.3, 0.4) is 0 Å². The van der Waals surface area contributed by atoms with Gasteiger partial charge in [-0.25, -0.2) is 5.01 Å². The van der Waals surface area contributed by atoms with Crippen molar-refractivity contribution in [3.05, 3.63) is 60.2 Å². The zero-order valence-electron chi connectivity index (χ0n) is 22.3. The smallest absolute Gasteiger partial charge is 0.256 e. The van der Waals surface area contributed by atoms with Gasteiger partial charge < -0.3 is 25.4 Å². The van der Waals surface area contributed by atoms with E-state index in [1.54, 1.807) is 57.2 Å². The highest BCUT2D eigenvalue weighted by Gasteiger charge is 2.54. The van der Waals surface area contributed by atoms with Crippen LogP contribution < -0.4 is 20.5 Å². The van der Waals surface area contributed by atoms with E-state index >= 15 is 0 Å². The van der Waals surface area contributed by atoms with Crippen molar-refractivity contribution < 1.29 is 23.9 Å². The minimum Gasteiger partial charge on any atom is -0.497 e. The fourth-order valence-electron chi connectivity index (χ4n) is 4.83. The molecule has 38 heavy (non-hydrogen) atoms. The molecule has 0 bridgehead atoms. The van der Waals surface area contributed by atoms with Crippen LogP contribution in [0.15, 0.2) is 59.7 Å². The lowest BCUT2D eigenvalue weighted by atomic mass is 9.73. The summed E-state index contributed by atoms with van der Waals surface area (Å²) in [6.45, 7) is 3.54. The number of likely N-dealkylation sites (tertiary alicyclic amines) is 1. The highest BCUT2D eigenvalue weighted by atomic mass is 16.5. The second-order valence-electron chi connectivity index (χ2n) is 10.4. The molecule has 0 aliphatic carbocycles. The maximum Gasteiger partial charge on any atom is 0.256 e. The van der Waals surface area contributed by atoms with Crippen molar-refractivity contribution in [2.45, 2.75) is 38.3 Å². The zero-order valence-corrected chi connectivity index (χ0v) is 22.3. The number of methoxy groups -OCH3 is 1. The van der Waals surface area contributed by atoms with E-state index in [9.17, 15) is 14.4 Å². The second-order valence-corrected chi connectivity index (χ2v) is 10.4. The number of hydrogen-bond acceptors (Lipinski definition) is 7. The number of amides is 3. The Kier molecular flexibility index (Phi) is 7.73. The number of fused-ring (bicyclic) bond motifs is 1. The number of hydrogen-bond donors (Lipinski definition) is 2. The highest BCUT2D eigenvalue weighted by Crippen LogP contribution is 2.38. The fraction of sp³-hybridized carbons (Fsp3) is 0.429. The molecule has 2 aliphatic heterocycles. The van der Waals surface area contributed by atoms with Crippen molar-refractivity contribution in [1.29, 1.82) is 0 Å². The molecular formula is C28H35N5O5. The molecule has 2 unspecified atom stereocenters. The fourth-order valence-corrected chi connectivity index (χ4v) is 4.83. The topological polar surface area (TPSA) is 127 Å². The summed E-state index contributed by atoms with van der Waals surface area (Å²) in [5.41, 5.74) is 5.60. The molecule has 0 saturated carbocycles. The lowest BCUT2D eigenvalue weighted by Crippen LogP contribution is -2.62. The van der Waals surface area contributed by atoms with Crippen LogP contribution in [-0.4, -0.2) is 78.8 Å². The summed E-state index contributed by atoms with van der Waals surface area (Å²) in [5, 5.41) is 8.64. The average Bonchev–Trinajstić information content (AvgIpc) is 3.14. The van der Waals surface area contributed by atoms with Crippen LogP contribution in [0.5, 0.6) is 11.5 Å². The van der Waals surface area contributed by atoms with E-state index in [2.05, 4.69) is 10.4 Å². The van der Waals surface area contributed by atoms with Gasteiger partial charge in [0.1, 0.15) is 29.6 Å². The molecule has 2 atom stereocenters. The predicted octanol–water partition coefficient (Wildman–Crippen LogP) is 1.59. The molecule has 0 aromatic heterocycles. The van der Waals surface area contributed by atoms with E-state index in [1.807, 2.05) is 30.3 Å². The SMILES string of the molecule is COc1cccc(OCC(NC(=O)C(C)(C)N)C(=O)N2CCC3=NN(C)C(=O)C3(Cc3ccccc3)C2)c1. The number of nitrogens with two attached hydrogens (primary N) is 1. The first kappa shape index (κ1) is 27.1. The Morgan fingerprint density at radius 3 is 2.55 bits per heavy atom. The van der Waals surface area contributed by atoms with Gasteiger partial charge in [0.25, 0.3) is 5.91 Å². The Bertz CT molecular complexity index is 1230. The van der Waals surface area contributed by atoms with Gasteiger partial charge in [0.15, 0.2) is 0 Å². The van der Waals surface area contributed by atoms with Crippen molar-refractivity contribution in [1.82, 2.24) is 15.2 Å². The number of nitrogens with zero attached hydrogens (tertiary/aromatic N) is 3. The first-order valence-corrected chi connectivity index (χ1v) is 12.6. The van der Waals surface area contributed by atoms with Gasteiger partial charge in [0, 0.05) is 32.6 Å². The van der Waals surface area contributed by atoms with Gasteiger partial charge in [-0.2, -0.15) is 5.10 Å². The van der Waals surface area contributed by atoms with Crippen molar-refractivity contribution in [2.75, 3.05) is 33.9 Å². The number of rotatable bonds is 9. The number of nitrogens with one attached hydrogen (secondary N) is 1. The third-order valence-corrected chi connectivity index (χ3v) is 6.91. The van der Waals surface area contributed by atoms with Crippen LogP contribution in [0.2, 0.25) is 0 Å². The third kappa shape index (κ3) is 5.65. The van der Waals surface area contributed by atoms with Gasteiger partial charge in [0.05, 0.1) is 18.4 Å². The maximum absolute atomic E-state index is 13.9. The molecule has 2 aromatic rings. The van der Waals surface area contributed by atoms with Gasteiger partial charge in [-0.1, -0.05) is 36.4 Å². The lowest BCUT2D eigenvalue weighted by molar-refractivity contribution is -0.143. The summed E-state index contributed by atoms with van der Waals surface area (Å²) in [5.74, 6) is 0.112. The summed E-state index contributed by atoms with van der Waals surface area (Å²) in [7, 11) is 3.19. The Morgan fingerprint density at radius 1 is 1.16 bits per heavy atom. The van der Waals surface area contributed by atoms with Crippen LogP contribution in [0.4, 0.5) is 0 Å². The van der Waals surface area contributed by atoms with E-state index < -0.39 is 22.9 Å². The van der Waals surface area contributed by atoms with Crippen molar-refractivity contribution >= 4 is 23.4 Å². The predicted molar refractivity (Wildman–Crippen MR) is 143 cm³/mol. The Morgan fingerprint density at radius 2 is 1.87 bits per heavy atom. The quantitative estimate of drug-likeness (QED) is 0.516. The molecule has 0 spiro atoms. The Labute approximate surface area is 222 Å². The highest BCUT2D eigenvalue weighted by molar-refractivity contribution is 6.13. The summed E-state index contributed by atoms with van der Waals surface area (Å²) >= 11 is 0. The van der Waals surface area contributed by atoms with Crippen LogP contribution >= 0.6 is 0 Å². The summed E-state index contributed by atoms with van der Waals surface area (Å²) in [6, 6.07) is 15.7. The molecule has 4 rings (SSSR count). The summed E-state index contributed by atoms with van der Waals surface area (Å²) in [6.07, 6.45) is 0.876. The van der Waals surface area contributed by atoms with Gasteiger partial charge >= 0.3 is 0 Å². The molecule has 202 valence electrons. The second kappa shape index (κ2) is 10.8. The standard InChI is InChI=1S/C28H35N5O5/c1-27(2,29)25(35)30-22(17-38-21-12-8-11-20(15-21)37-4)24(34)33-14-13-23-28(18-33,26(36)32(3)31-23)16-19-9-6-5-7-10-19/h5-12,15,22H,13-14,16-18,29H2,1-4H3,(H,30,35). The molecular weight excluding hydrogens is 486 g/mol. The molecule has 2 heterocycles. The zero-order chi connectivity index (χ0) is 27.5. The first-order chi connectivity index (χ1) is 18.0. The number of hydrazone groups is 1. The third-order valence-electron chi connectivity index (χ3n) is 6.91. The van der Waals surface area contributed by atoms with E-state index in [-0.39, 0.29) is 25.0 Å². The molecule has 2 aromatic carbocycles. The van der Waals surface area contributed by atoms with Crippen molar-refractivity contribution in [2.24, 2.45) is 16.3 Å². The van der Waals surface area contributed by atoms with E-state index in [0.717, 1.165) is 11.3 Å². The molecule has 2 aliphatic rings. The Hall–Kier alpha value is -3.92. The molecule has 10 heteroatoms. The van der Waals surface area contributed by atoms with E-state index in [0.29, 0.717) is 30.9 Å². The Balaban J connectivity index is 1.58. The molecule has 10 nitrogen and oxygen atoms in total. The minimum absolute atomic E-state index is 0.120. The number of carbonyl (C=O) groups excluding carboxylic acids is 3. The van der Waals surface area contributed by atoms with Crippen LogP contribution in [0.25, 0.3) is 0 Å². The number of carbonyl (C=O) groups is 3. The van der Waals surface area contributed by atoms with Gasteiger partial charge in [-0.05, 0) is 38.0 Å². The van der Waals surface area contributed by atoms with Crippen molar-refractivity contribution in [3.8, 4) is 11.5 Å². The summed E-state index contributed by atoms with van der Waals surface area (Å²) in [4.78, 5) is 41.7. The molecule has 1 saturated heterocycles. The van der Waals surface area contributed by atoms with Crippen LogP contribution in [0.1, 0.15) is 25.8 Å². The normalized spacial score (nSPS) is 19.9. The van der Waals surface area contributed by atoms with Crippen LogP contribution in [-0.2, 0) is 20.8 Å². The maximum atomic E-state index is 13.9. The summed E-state index contributed by atoms with van der Waals surface area (Å²) < 4.78 is 11.1.